The van der Waals surface area contributed by atoms with Crippen molar-refractivity contribution in [2.45, 2.75) is 19.9 Å². The van der Waals surface area contributed by atoms with Gasteiger partial charge < -0.3 is 10.1 Å². The van der Waals surface area contributed by atoms with Gasteiger partial charge in [0, 0.05) is 25.7 Å². The van der Waals surface area contributed by atoms with Crippen LogP contribution in [0.1, 0.15) is 23.5 Å². The van der Waals surface area contributed by atoms with Crippen molar-refractivity contribution < 1.29 is 9.53 Å². The average molecular weight is 317 g/mol. The lowest BCUT2D eigenvalue weighted by molar-refractivity contribution is 0.00674. The minimum atomic E-state index is -0.0409. The molecule has 0 aliphatic carbocycles. The zero-order chi connectivity index (χ0) is 14.5. The van der Waals surface area contributed by atoms with Gasteiger partial charge in [-0.2, -0.15) is 0 Å². The van der Waals surface area contributed by atoms with Crippen LogP contribution in [0.25, 0.3) is 0 Å². The van der Waals surface area contributed by atoms with Gasteiger partial charge in [-0.3, -0.25) is 9.69 Å². The van der Waals surface area contributed by atoms with Crippen LogP contribution in [-0.2, 0) is 4.74 Å². The van der Waals surface area contributed by atoms with Crippen LogP contribution < -0.4 is 5.32 Å². The molecule has 1 aromatic heterocycles. The van der Waals surface area contributed by atoms with E-state index in [0.717, 1.165) is 26.3 Å². The van der Waals surface area contributed by atoms with Crippen molar-refractivity contribution in [1.29, 1.82) is 0 Å². The number of thiophene rings is 1. The molecular formula is C14H21ClN2O2S. The Kier molecular flexibility index (Phi) is 5.84. The highest BCUT2D eigenvalue weighted by molar-refractivity contribution is 7.17. The van der Waals surface area contributed by atoms with E-state index in [4.69, 9.17) is 16.3 Å². The van der Waals surface area contributed by atoms with Gasteiger partial charge in [-0.05, 0) is 18.1 Å². The molecule has 0 unspecified atom stereocenters. The lowest BCUT2D eigenvalue weighted by Crippen LogP contribution is -2.51. The smallest absolute Gasteiger partial charge is 0.261 e. The third-order valence-corrected chi connectivity index (χ3v) is 4.78. The first-order valence-electron chi connectivity index (χ1n) is 6.93. The molecule has 1 amide bonds. The van der Waals surface area contributed by atoms with Gasteiger partial charge in [-0.1, -0.05) is 25.4 Å². The van der Waals surface area contributed by atoms with Gasteiger partial charge >= 0.3 is 0 Å². The Balaban J connectivity index is 1.90. The highest BCUT2D eigenvalue weighted by Crippen LogP contribution is 2.21. The Labute approximate surface area is 129 Å². The maximum absolute atomic E-state index is 12.1. The Morgan fingerprint density at radius 2 is 2.15 bits per heavy atom. The van der Waals surface area contributed by atoms with Crippen LogP contribution >= 0.6 is 22.9 Å². The van der Waals surface area contributed by atoms with E-state index in [1.807, 2.05) is 0 Å². The first-order chi connectivity index (χ1) is 9.58. The summed E-state index contributed by atoms with van der Waals surface area (Å²) < 4.78 is 6.03. The van der Waals surface area contributed by atoms with Crippen LogP contribution in [0.2, 0.25) is 4.34 Å². The standard InChI is InChI=1S/C14H21ClN2O2S/c1-10(2)11(17-5-7-19-8-6-17)9-16-14(18)12-3-4-13(15)20-12/h3-4,10-11H,5-9H2,1-2H3,(H,16,18)/t11-/m1/s1. The fraction of sp³-hybridized carbons (Fsp3) is 0.643. The summed E-state index contributed by atoms with van der Waals surface area (Å²) in [4.78, 5) is 15.1. The maximum atomic E-state index is 12.1. The van der Waals surface area contributed by atoms with E-state index in [1.54, 1.807) is 12.1 Å². The van der Waals surface area contributed by atoms with Crippen LogP contribution in [0.3, 0.4) is 0 Å². The number of hydrogen-bond acceptors (Lipinski definition) is 4. The number of ether oxygens (including phenoxy) is 1. The summed E-state index contributed by atoms with van der Waals surface area (Å²) in [7, 11) is 0. The molecule has 1 saturated heterocycles. The van der Waals surface area contributed by atoms with Crippen LogP contribution in [-0.4, -0.2) is 49.7 Å². The summed E-state index contributed by atoms with van der Waals surface area (Å²) >= 11 is 7.17. The van der Waals surface area contributed by atoms with Gasteiger partial charge in [0.1, 0.15) is 0 Å². The molecule has 2 heterocycles. The summed E-state index contributed by atoms with van der Waals surface area (Å²) in [5.74, 6) is 0.445. The second-order valence-corrected chi connectivity index (χ2v) is 6.99. The molecule has 1 aliphatic heterocycles. The fourth-order valence-corrected chi connectivity index (χ4v) is 3.38. The third kappa shape index (κ3) is 4.19. The molecule has 1 atom stereocenters. The molecular weight excluding hydrogens is 296 g/mol. The summed E-state index contributed by atoms with van der Waals surface area (Å²) in [6, 6.07) is 3.86. The normalized spacial score (nSPS) is 18.2. The molecule has 1 aliphatic rings. The predicted octanol–water partition coefficient (Wildman–Crippen LogP) is 2.49. The third-order valence-electron chi connectivity index (χ3n) is 3.55. The summed E-state index contributed by atoms with van der Waals surface area (Å²) in [6.07, 6.45) is 0. The van der Waals surface area contributed by atoms with Gasteiger partial charge in [-0.25, -0.2) is 0 Å². The number of carbonyl (C=O) groups is 1. The lowest BCUT2D eigenvalue weighted by Gasteiger charge is -2.36. The Morgan fingerprint density at radius 3 is 2.70 bits per heavy atom. The van der Waals surface area contributed by atoms with Crippen molar-refractivity contribution in [3.05, 3.63) is 21.3 Å². The number of nitrogens with zero attached hydrogens (tertiary/aromatic N) is 1. The van der Waals surface area contributed by atoms with E-state index in [-0.39, 0.29) is 5.91 Å². The zero-order valence-corrected chi connectivity index (χ0v) is 13.5. The van der Waals surface area contributed by atoms with Crippen molar-refractivity contribution in [3.8, 4) is 0 Å². The highest BCUT2D eigenvalue weighted by Gasteiger charge is 2.24. The van der Waals surface area contributed by atoms with E-state index < -0.39 is 0 Å². The molecule has 0 aromatic carbocycles. The number of carbonyl (C=O) groups excluding carboxylic acids is 1. The topological polar surface area (TPSA) is 41.6 Å². The first kappa shape index (κ1) is 15.8. The summed E-state index contributed by atoms with van der Waals surface area (Å²) in [5.41, 5.74) is 0. The SMILES string of the molecule is CC(C)[C@@H](CNC(=O)c1ccc(Cl)s1)N1CCOCC1. The fourth-order valence-electron chi connectivity index (χ4n) is 2.42. The Bertz CT molecular complexity index is 444. The van der Waals surface area contributed by atoms with E-state index in [0.29, 0.717) is 27.7 Å². The molecule has 0 bridgehead atoms. The molecule has 0 spiro atoms. The molecule has 1 N–H and O–H groups in total. The van der Waals surface area contributed by atoms with Crippen LogP contribution in [0.4, 0.5) is 0 Å². The number of morpholine rings is 1. The Hall–Kier alpha value is -0.620. The highest BCUT2D eigenvalue weighted by atomic mass is 35.5. The van der Waals surface area contributed by atoms with Gasteiger partial charge in [-0.15, -0.1) is 11.3 Å². The number of hydrogen-bond donors (Lipinski definition) is 1. The van der Waals surface area contributed by atoms with E-state index in [1.165, 1.54) is 11.3 Å². The molecule has 1 fully saturated rings. The molecule has 112 valence electrons. The second-order valence-electron chi connectivity index (χ2n) is 5.27. The molecule has 2 rings (SSSR count). The summed E-state index contributed by atoms with van der Waals surface area (Å²) in [6.45, 7) is 8.46. The predicted molar refractivity (Wildman–Crippen MR) is 82.7 cm³/mol. The minimum absolute atomic E-state index is 0.0409. The van der Waals surface area contributed by atoms with Crippen molar-refractivity contribution in [2.75, 3.05) is 32.8 Å². The van der Waals surface area contributed by atoms with E-state index in [9.17, 15) is 4.79 Å². The van der Waals surface area contributed by atoms with Gasteiger partial charge in [0.05, 0.1) is 22.4 Å². The minimum Gasteiger partial charge on any atom is -0.379 e. The quantitative estimate of drug-likeness (QED) is 0.907. The molecule has 4 nitrogen and oxygen atoms in total. The van der Waals surface area contributed by atoms with E-state index in [2.05, 4.69) is 24.1 Å². The molecule has 0 radical (unpaired) electrons. The van der Waals surface area contributed by atoms with Crippen molar-refractivity contribution >= 4 is 28.8 Å². The van der Waals surface area contributed by atoms with Crippen molar-refractivity contribution in [1.82, 2.24) is 10.2 Å². The monoisotopic (exact) mass is 316 g/mol. The largest absolute Gasteiger partial charge is 0.379 e. The molecule has 0 saturated carbocycles. The number of rotatable bonds is 5. The number of amides is 1. The molecule has 1 aromatic rings. The number of halogens is 1. The molecule has 20 heavy (non-hydrogen) atoms. The maximum Gasteiger partial charge on any atom is 0.261 e. The van der Waals surface area contributed by atoms with Crippen LogP contribution in [0.5, 0.6) is 0 Å². The van der Waals surface area contributed by atoms with Crippen LogP contribution in [0, 0.1) is 5.92 Å². The van der Waals surface area contributed by atoms with Crippen molar-refractivity contribution in [2.24, 2.45) is 5.92 Å². The zero-order valence-electron chi connectivity index (χ0n) is 11.9. The first-order valence-corrected chi connectivity index (χ1v) is 8.12. The average Bonchev–Trinajstić information content (AvgIpc) is 2.86. The van der Waals surface area contributed by atoms with Gasteiger partial charge in [0.15, 0.2) is 0 Å². The number of nitrogens with one attached hydrogen (secondary N) is 1. The van der Waals surface area contributed by atoms with E-state index >= 15 is 0 Å². The second kappa shape index (κ2) is 7.41. The van der Waals surface area contributed by atoms with Gasteiger partial charge in [0.25, 0.3) is 5.91 Å². The van der Waals surface area contributed by atoms with Crippen molar-refractivity contribution in [3.63, 3.8) is 0 Å². The van der Waals surface area contributed by atoms with Crippen LogP contribution in [0.15, 0.2) is 12.1 Å². The lowest BCUT2D eigenvalue weighted by atomic mass is 10.0. The Morgan fingerprint density at radius 1 is 1.45 bits per heavy atom. The van der Waals surface area contributed by atoms with Gasteiger partial charge in [0.2, 0.25) is 0 Å². The summed E-state index contributed by atoms with van der Waals surface area (Å²) in [5, 5.41) is 3.02. The molecule has 6 heteroatoms.